The van der Waals surface area contributed by atoms with Crippen molar-refractivity contribution in [3.05, 3.63) is 41.9 Å². The Hall–Kier alpha value is -2.17. The van der Waals surface area contributed by atoms with Gasteiger partial charge in [0.25, 0.3) is 0 Å². The van der Waals surface area contributed by atoms with Gasteiger partial charge in [-0.1, -0.05) is 19.9 Å². The molecule has 21 heavy (non-hydrogen) atoms. The highest BCUT2D eigenvalue weighted by atomic mass is 15.1. The number of rotatable bonds is 7. The molecule has 2 aromatic rings. The molecule has 0 aliphatic carbocycles. The van der Waals surface area contributed by atoms with Crippen molar-refractivity contribution >= 4 is 11.8 Å². The maximum atomic E-state index is 4.48. The Labute approximate surface area is 126 Å². The third kappa shape index (κ3) is 5.38. The van der Waals surface area contributed by atoms with E-state index in [0.29, 0.717) is 18.4 Å². The van der Waals surface area contributed by atoms with Crippen molar-refractivity contribution in [3.63, 3.8) is 0 Å². The van der Waals surface area contributed by atoms with Crippen molar-refractivity contribution in [2.75, 3.05) is 17.2 Å². The summed E-state index contributed by atoms with van der Waals surface area (Å²) < 4.78 is 0. The Balaban J connectivity index is 1.94. The number of nitrogens with one attached hydrogen (secondary N) is 2. The molecule has 0 radical (unpaired) electrons. The van der Waals surface area contributed by atoms with Gasteiger partial charge in [-0.25, -0.2) is 4.98 Å². The van der Waals surface area contributed by atoms with Gasteiger partial charge in [0.05, 0.1) is 12.2 Å². The van der Waals surface area contributed by atoms with E-state index in [-0.39, 0.29) is 0 Å². The molecule has 0 aliphatic rings. The second-order valence-corrected chi connectivity index (χ2v) is 5.50. The number of anilines is 2. The maximum absolute atomic E-state index is 4.48. The Bertz CT molecular complexity index is 554. The lowest BCUT2D eigenvalue weighted by molar-refractivity contribution is 0.606. The fourth-order valence-corrected chi connectivity index (χ4v) is 1.90. The predicted molar refractivity (Wildman–Crippen MR) is 86.3 cm³/mol. The molecule has 2 aromatic heterocycles. The lowest BCUT2D eigenvalue weighted by Gasteiger charge is -2.10. The highest BCUT2D eigenvalue weighted by molar-refractivity contribution is 5.42. The van der Waals surface area contributed by atoms with E-state index >= 15 is 0 Å². The van der Waals surface area contributed by atoms with E-state index in [9.17, 15) is 0 Å². The van der Waals surface area contributed by atoms with Crippen LogP contribution in [0.4, 0.5) is 11.8 Å². The highest BCUT2D eigenvalue weighted by Gasteiger charge is 2.03. The molecule has 0 bridgehead atoms. The zero-order chi connectivity index (χ0) is 15.1. The Morgan fingerprint density at radius 2 is 2.00 bits per heavy atom. The van der Waals surface area contributed by atoms with Crippen molar-refractivity contribution < 1.29 is 0 Å². The summed E-state index contributed by atoms with van der Waals surface area (Å²) in [5.74, 6) is 2.18. The summed E-state index contributed by atoms with van der Waals surface area (Å²) in [4.78, 5) is 13.2. The van der Waals surface area contributed by atoms with Gasteiger partial charge in [-0.3, -0.25) is 4.98 Å². The first kappa shape index (κ1) is 15.2. The summed E-state index contributed by atoms with van der Waals surface area (Å²) >= 11 is 0. The monoisotopic (exact) mass is 285 g/mol. The minimum absolute atomic E-state index is 0.621. The molecule has 0 fully saturated rings. The summed E-state index contributed by atoms with van der Waals surface area (Å²) in [6.45, 7) is 7.95. The van der Waals surface area contributed by atoms with Gasteiger partial charge in [-0.2, -0.15) is 4.98 Å². The summed E-state index contributed by atoms with van der Waals surface area (Å²) in [6.07, 6.45) is 2.91. The maximum Gasteiger partial charge on any atom is 0.225 e. The number of hydrogen-bond acceptors (Lipinski definition) is 5. The largest absolute Gasteiger partial charge is 0.370 e. The van der Waals surface area contributed by atoms with Gasteiger partial charge in [0.15, 0.2) is 0 Å². The quantitative estimate of drug-likeness (QED) is 0.817. The first-order valence-corrected chi connectivity index (χ1v) is 7.37. The fourth-order valence-electron chi connectivity index (χ4n) is 1.90. The average molecular weight is 285 g/mol. The number of hydrogen-bond donors (Lipinski definition) is 2. The van der Waals surface area contributed by atoms with Crippen LogP contribution in [0.25, 0.3) is 0 Å². The van der Waals surface area contributed by atoms with Gasteiger partial charge >= 0.3 is 0 Å². The van der Waals surface area contributed by atoms with E-state index in [0.717, 1.165) is 30.2 Å². The number of aromatic nitrogens is 3. The molecular formula is C16H23N5. The fraction of sp³-hybridized carbons (Fsp3) is 0.438. The van der Waals surface area contributed by atoms with Crippen LogP contribution in [0.3, 0.4) is 0 Å². The van der Waals surface area contributed by atoms with Crippen LogP contribution in [0.5, 0.6) is 0 Å². The van der Waals surface area contributed by atoms with Gasteiger partial charge in [0, 0.05) is 24.5 Å². The molecular weight excluding hydrogens is 262 g/mol. The molecule has 0 amide bonds. The SMILES string of the molecule is Cc1cc(NCCC(C)C)nc(NCc2ccccn2)n1. The molecule has 2 N–H and O–H groups in total. The van der Waals surface area contributed by atoms with Gasteiger partial charge in [0.2, 0.25) is 5.95 Å². The van der Waals surface area contributed by atoms with Gasteiger partial charge < -0.3 is 10.6 Å². The normalized spacial score (nSPS) is 10.7. The van der Waals surface area contributed by atoms with Gasteiger partial charge in [-0.15, -0.1) is 0 Å². The van der Waals surface area contributed by atoms with Crippen molar-refractivity contribution in [2.45, 2.75) is 33.7 Å². The summed E-state index contributed by atoms with van der Waals surface area (Å²) in [5.41, 5.74) is 1.91. The third-order valence-electron chi connectivity index (χ3n) is 3.04. The summed E-state index contributed by atoms with van der Waals surface area (Å²) in [7, 11) is 0. The molecule has 0 aromatic carbocycles. The van der Waals surface area contributed by atoms with E-state index in [4.69, 9.17) is 0 Å². The van der Waals surface area contributed by atoms with E-state index in [2.05, 4.69) is 39.4 Å². The van der Waals surface area contributed by atoms with Crippen molar-refractivity contribution in [1.29, 1.82) is 0 Å². The lowest BCUT2D eigenvalue weighted by atomic mass is 10.1. The van der Waals surface area contributed by atoms with E-state index in [1.807, 2.05) is 31.2 Å². The Kier molecular flexibility index (Phi) is 5.49. The van der Waals surface area contributed by atoms with E-state index in [1.54, 1.807) is 6.20 Å². The van der Waals surface area contributed by atoms with Gasteiger partial charge in [-0.05, 0) is 31.4 Å². The highest BCUT2D eigenvalue weighted by Crippen LogP contribution is 2.11. The molecule has 0 aliphatic heterocycles. The second kappa shape index (κ2) is 7.57. The average Bonchev–Trinajstić information content (AvgIpc) is 2.45. The molecule has 2 heterocycles. The van der Waals surface area contributed by atoms with Crippen LogP contribution < -0.4 is 10.6 Å². The van der Waals surface area contributed by atoms with Crippen LogP contribution >= 0.6 is 0 Å². The number of nitrogens with zero attached hydrogens (tertiary/aromatic N) is 3. The molecule has 2 rings (SSSR count). The molecule has 5 heteroatoms. The van der Waals surface area contributed by atoms with E-state index < -0.39 is 0 Å². The van der Waals surface area contributed by atoms with Crippen molar-refractivity contribution in [2.24, 2.45) is 5.92 Å². The Morgan fingerprint density at radius 1 is 1.14 bits per heavy atom. The molecule has 5 nitrogen and oxygen atoms in total. The summed E-state index contributed by atoms with van der Waals surface area (Å²) in [6, 6.07) is 7.82. The third-order valence-corrected chi connectivity index (χ3v) is 3.04. The molecule has 0 unspecified atom stereocenters. The molecule has 0 saturated heterocycles. The van der Waals surface area contributed by atoms with Crippen LogP contribution in [0.2, 0.25) is 0 Å². The summed E-state index contributed by atoms with van der Waals surface area (Å²) in [5, 5.41) is 6.57. The second-order valence-electron chi connectivity index (χ2n) is 5.50. The lowest BCUT2D eigenvalue weighted by Crippen LogP contribution is -2.10. The molecule has 0 spiro atoms. The molecule has 0 saturated carbocycles. The Morgan fingerprint density at radius 3 is 2.71 bits per heavy atom. The smallest absolute Gasteiger partial charge is 0.225 e. The molecule has 0 atom stereocenters. The first-order valence-electron chi connectivity index (χ1n) is 7.37. The minimum Gasteiger partial charge on any atom is -0.370 e. The van der Waals surface area contributed by atoms with Gasteiger partial charge in [0.1, 0.15) is 5.82 Å². The number of pyridine rings is 1. The van der Waals surface area contributed by atoms with Crippen LogP contribution in [-0.4, -0.2) is 21.5 Å². The predicted octanol–water partition coefficient (Wildman–Crippen LogP) is 3.25. The standard InChI is InChI=1S/C16H23N5/c1-12(2)7-9-18-15-10-13(3)20-16(21-15)19-11-14-6-4-5-8-17-14/h4-6,8,10,12H,7,9,11H2,1-3H3,(H2,18,19,20,21). The first-order chi connectivity index (χ1) is 10.1. The van der Waals surface area contributed by atoms with Crippen LogP contribution in [0.15, 0.2) is 30.5 Å². The topological polar surface area (TPSA) is 62.7 Å². The number of aryl methyl sites for hydroxylation is 1. The molecule has 112 valence electrons. The van der Waals surface area contributed by atoms with Crippen molar-refractivity contribution in [3.8, 4) is 0 Å². The van der Waals surface area contributed by atoms with Crippen LogP contribution in [0, 0.1) is 12.8 Å². The minimum atomic E-state index is 0.621. The van der Waals surface area contributed by atoms with Crippen LogP contribution in [-0.2, 0) is 6.54 Å². The van der Waals surface area contributed by atoms with Crippen molar-refractivity contribution in [1.82, 2.24) is 15.0 Å². The van der Waals surface area contributed by atoms with Crippen LogP contribution in [0.1, 0.15) is 31.7 Å². The zero-order valence-corrected chi connectivity index (χ0v) is 12.9. The van der Waals surface area contributed by atoms with E-state index in [1.165, 1.54) is 0 Å². The zero-order valence-electron chi connectivity index (χ0n) is 12.9.